The highest BCUT2D eigenvalue weighted by Gasteiger charge is 2.25. The number of sulfonamides is 1. The zero-order chi connectivity index (χ0) is 32.7. The van der Waals surface area contributed by atoms with E-state index in [1.807, 2.05) is 62.5 Å². The highest BCUT2D eigenvalue weighted by molar-refractivity contribution is 9.11. The lowest BCUT2D eigenvalue weighted by Crippen LogP contribution is -2.51. The van der Waals surface area contributed by atoms with Crippen LogP contribution in [0.2, 0.25) is 0 Å². The van der Waals surface area contributed by atoms with E-state index >= 15 is 0 Å². The Labute approximate surface area is 291 Å². The summed E-state index contributed by atoms with van der Waals surface area (Å²) in [5.74, 6) is -0.854. The number of hydrogen-bond acceptors (Lipinski definition) is 9. The fraction of sp³-hybridized carbons (Fsp3) is 0.172. The average molecular weight is 842 g/mol. The van der Waals surface area contributed by atoms with Gasteiger partial charge in [-0.1, -0.05) is 64.0 Å². The van der Waals surface area contributed by atoms with Crippen molar-refractivity contribution in [3.63, 3.8) is 0 Å². The molecule has 2 aliphatic heterocycles. The van der Waals surface area contributed by atoms with Crippen LogP contribution in [0.25, 0.3) is 0 Å². The summed E-state index contributed by atoms with van der Waals surface area (Å²) in [4.78, 5) is 16.9. The number of anilines is 2. The lowest BCUT2D eigenvalue weighted by Gasteiger charge is -2.25. The average Bonchev–Trinajstić information content (AvgIpc) is 3.27. The molecule has 3 aromatic carbocycles. The van der Waals surface area contributed by atoms with Crippen LogP contribution in [0.1, 0.15) is 12.5 Å². The van der Waals surface area contributed by atoms with Gasteiger partial charge in [-0.2, -0.15) is 5.10 Å². The number of aliphatic carboxylic acids is 1. The summed E-state index contributed by atoms with van der Waals surface area (Å²) in [6.45, 7) is 3.99. The van der Waals surface area contributed by atoms with E-state index in [9.17, 15) is 13.2 Å². The largest absolute Gasteiger partial charge is 0.480 e. The lowest BCUT2D eigenvalue weighted by atomic mass is 10.2. The van der Waals surface area contributed by atoms with Gasteiger partial charge in [0.05, 0.1) is 47.4 Å². The third-order valence-corrected chi connectivity index (χ3v) is 9.71. The minimum atomic E-state index is -3.70. The van der Waals surface area contributed by atoms with Gasteiger partial charge in [0.25, 0.3) is 10.0 Å². The van der Waals surface area contributed by atoms with Crippen molar-refractivity contribution in [3.8, 4) is 0 Å². The maximum atomic E-state index is 12.1. The fourth-order valence-corrected chi connectivity index (χ4v) is 7.83. The van der Waals surface area contributed by atoms with E-state index in [1.165, 1.54) is 17.0 Å². The van der Waals surface area contributed by atoms with Gasteiger partial charge in [0.2, 0.25) is 5.96 Å². The number of para-hydroxylation sites is 1. The summed E-state index contributed by atoms with van der Waals surface area (Å²) in [6, 6.07) is 20.3. The van der Waals surface area contributed by atoms with E-state index in [2.05, 4.69) is 73.2 Å². The van der Waals surface area contributed by atoms with E-state index in [-0.39, 0.29) is 30.7 Å². The topological polar surface area (TPSA) is 139 Å². The normalized spacial score (nSPS) is 15.9. The molecule has 0 bridgehead atoms. The molecule has 0 unspecified atom stereocenters. The number of carboxylic acid groups (broad SMARTS) is 1. The molecule has 2 heterocycles. The molecule has 0 radical (unpaired) electrons. The molecule has 0 saturated carbocycles. The third kappa shape index (κ3) is 9.43. The van der Waals surface area contributed by atoms with Crippen LogP contribution >= 0.6 is 60.0 Å². The fourth-order valence-electron chi connectivity index (χ4n) is 3.99. The Morgan fingerprint density at radius 3 is 2.29 bits per heavy atom. The zero-order valence-electron chi connectivity index (χ0n) is 24.0. The molecular formula is C29H28Br3N7O4S2. The van der Waals surface area contributed by atoms with Crippen molar-refractivity contribution >= 4 is 104 Å². The number of nitrogens with one attached hydrogen (secondary N) is 3. The Kier molecular flexibility index (Phi) is 11.9. The van der Waals surface area contributed by atoms with Crippen LogP contribution in [0.4, 0.5) is 11.4 Å². The maximum absolute atomic E-state index is 12.1. The number of carboxylic acids is 1. The molecule has 45 heavy (non-hydrogen) atoms. The van der Waals surface area contributed by atoms with Crippen LogP contribution in [0.5, 0.6) is 0 Å². The zero-order valence-corrected chi connectivity index (χ0v) is 30.4. The van der Waals surface area contributed by atoms with Crippen molar-refractivity contribution in [2.45, 2.75) is 18.7 Å². The molecule has 5 rings (SSSR count). The van der Waals surface area contributed by atoms with Gasteiger partial charge in [0, 0.05) is 19.6 Å². The molecule has 0 spiro atoms. The van der Waals surface area contributed by atoms with Crippen LogP contribution in [0.3, 0.4) is 0 Å². The first-order valence-corrected chi connectivity index (χ1v) is 17.5. The van der Waals surface area contributed by atoms with Gasteiger partial charge in [-0.25, -0.2) is 23.1 Å². The number of aryl methyl sites for hydroxylation is 1. The summed E-state index contributed by atoms with van der Waals surface area (Å²) in [5, 5.41) is 21.0. The lowest BCUT2D eigenvalue weighted by molar-refractivity contribution is -0.138. The van der Waals surface area contributed by atoms with Gasteiger partial charge in [0.15, 0.2) is 0 Å². The van der Waals surface area contributed by atoms with Crippen molar-refractivity contribution < 1.29 is 18.3 Å². The number of rotatable bonds is 7. The van der Waals surface area contributed by atoms with Gasteiger partial charge in [-0.05, 0) is 82.1 Å². The molecule has 0 saturated heterocycles. The number of benzene rings is 3. The van der Waals surface area contributed by atoms with E-state index < -0.39 is 16.0 Å². The van der Waals surface area contributed by atoms with Crippen molar-refractivity contribution in [1.29, 1.82) is 0 Å². The standard InChI is InChI=1S/C17H12Br3N3S.C12H16N4O4S/c1-10-13(9-21-16-14(19)7-11(18)8-15(16)20)17(24)23(22-10)12-5-3-2-4-6-12;1-9-2-4-10(5-3-9)21(19,20)15-12-13-7-16(8-14-12)6-11(17)18/h2-9,21H,1H3;2-5H,6-8H2,1H3,(H,17,18)(H2,13,14,15)/b13-9+;. The van der Waals surface area contributed by atoms with E-state index in [0.717, 1.165) is 41.6 Å². The summed E-state index contributed by atoms with van der Waals surface area (Å²) < 4.78 is 29.5. The van der Waals surface area contributed by atoms with Crippen LogP contribution in [-0.4, -0.2) is 60.9 Å². The van der Waals surface area contributed by atoms with Crippen LogP contribution in [0.15, 0.2) is 107 Å². The Morgan fingerprint density at radius 1 is 1.07 bits per heavy atom. The van der Waals surface area contributed by atoms with Crippen molar-refractivity contribution in [2.75, 3.05) is 30.2 Å². The molecular weight excluding hydrogens is 814 g/mol. The van der Waals surface area contributed by atoms with E-state index in [1.54, 1.807) is 17.1 Å². The first kappa shape index (κ1) is 34.7. The molecule has 11 nitrogen and oxygen atoms in total. The number of carbonyl (C=O) groups is 1. The number of hydrogen-bond donors (Lipinski definition) is 4. The SMILES string of the molecule is CC1=NN(c2ccccc2)C(=S)/C1=C/Nc1c(Br)cc(Br)cc1Br.Cc1ccc(S(=O)(=O)NC2=NCN(CC(=O)O)CN2)cc1. The number of hydrazone groups is 1. The summed E-state index contributed by atoms with van der Waals surface area (Å²) in [7, 11) is -3.70. The Hall–Kier alpha value is -3.15. The van der Waals surface area contributed by atoms with Gasteiger partial charge >= 0.3 is 5.97 Å². The molecule has 236 valence electrons. The van der Waals surface area contributed by atoms with Crippen LogP contribution in [0, 0.1) is 6.92 Å². The maximum Gasteiger partial charge on any atom is 0.317 e. The highest BCUT2D eigenvalue weighted by atomic mass is 79.9. The minimum Gasteiger partial charge on any atom is -0.480 e. The monoisotopic (exact) mass is 839 g/mol. The Balaban J connectivity index is 0.000000207. The van der Waals surface area contributed by atoms with E-state index in [4.69, 9.17) is 17.3 Å². The Bertz CT molecular complexity index is 1760. The third-order valence-electron chi connectivity index (χ3n) is 6.25. The molecule has 0 amide bonds. The molecule has 0 aliphatic carbocycles. The Morgan fingerprint density at radius 2 is 1.71 bits per heavy atom. The second-order valence-electron chi connectivity index (χ2n) is 9.71. The molecule has 16 heteroatoms. The van der Waals surface area contributed by atoms with Crippen LogP contribution in [-0.2, 0) is 14.8 Å². The summed E-state index contributed by atoms with van der Waals surface area (Å²) in [5.41, 5.74) is 4.62. The van der Waals surface area contributed by atoms with Crippen molar-refractivity contribution in [3.05, 3.63) is 97.5 Å². The molecule has 3 aromatic rings. The molecule has 2 aliphatic rings. The second-order valence-corrected chi connectivity index (χ2v) is 14.4. The molecule has 0 aromatic heterocycles. The van der Waals surface area contributed by atoms with Crippen molar-refractivity contribution in [2.24, 2.45) is 10.1 Å². The molecule has 0 atom stereocenters. The summed E-state index contributed by atoms with van der Waals surface area (Å²) in [6.07, 6.45) is 1.89. The molecule has 0 fully saturated rings. The van der Waals surface area contributed by atoms with Crippen molar-refractivity contribution in [1.82, 2.24) is 14.9 Å². The van der Waals surface area contributed by atoms with Gasteiger partial charge in [-0.15, -0.1) is 0 Å². The minimum absolute atomic E-state index is 0.109. The molecule has 4 N–H and O–H groups in total. The quantitative estimate of drug-likeness (QED) is 0.166. The number of aliphatic imine (C=N–C) groups is 1. The van der Waals surface area contributed by atoms with Gasteiger partial charge in [0.1, 0.15) is 4.99 Å². The predicted molar refractivity (Wildman–Crippen MR) is 192 cm³/mol. The number of guanidine groups is 1. The number of halogens is 3. The summed E-state index contributed by atoms with van der Waals surface area (Å²) >= 11 is 16.2. The van der Waals surface area contributed by atoms with Crippen LogP contribution < -0.4 is 20.4 Å². The first-order chi connectivity index (χ1) is 21.3. The van der Waals surface area contributed by atoms with Gasteiger partial charge in [-0.3, -0.25) is 9.69 Å². The number of nitrogens with zero attached hydrogens (tertiary/aromatic N) is 4. The highest BCUT2D eigenvalue weighted by Crippen LogP contribution is 2.35. The van der Waals surface area contributed by atoms with E-state index in [0.29, 0.717) is 4.99 Å². The first-order valence-electron chi connectivity index (χ1n) is 13.2. The predicted octanol–water partition coefficient (Wildman–Crippen LogP) is 6.03. The van der Waals surface area contributed by atoms with Gasteiger partial charge < -0.3 is 15.7 Å². The second kappa shape index (κ2) is 15.4. The number of thiocarbonyl (C=S) groups is 1. The smallest absolute Gasteiger partial charge is 0.317 e.